The minimum atomic E-state index is -4.30. The van der Waals surface area contributed by atoms with E-state index in [0.29, 0.717) is 0 Å². The first-order valence-electron chi connectivity index (χ1n) is 3.53. The molecule has 0 aromatic rings. The fourth-order valence-corrected chi connectivity index (χ4v) is 1.04. The number of hydrogen-bond donors (Lipinski definition) is 0. The Hall–Kier alpha value is -0.520. The zero-order chi connectivity index (χ0) is 10.5. The van der Waals surface area contributed by atoms with Gasteiger partial charge in [-0.05, 0) is 0 Å². The van der Waals surface area contributed by atoms with Crippen LogP contribution in [-0.2, 0) is 9.59 Å². The molecule has 0 fully saturated rings. The summed E-state index contributed by atoms with van der Waals surface area (Å²) in [6, 6.07) is 0. The molecule has 0 saturated carbocycles. The summed E-state index contributed by atoms with van der Waals surface area (Å²) in [5, 5.41) is -0.264. The Morgan fingerprint density at radius 1 is 1.31 bits per heavy atom. The van der Waals surface area contributed by atoms with Gasteiger partial charge in [0, 0.05) is 13.3 Å². The number of carbonyl (C=O) groups is 2. The van der Waals surface area contributed by atoms with Crippen LogP contribution in [0.25, 0.3) is 0 Å². The first-order valence-corrected chi connectivity index (χ1v) is 4.51. The van der Waals surface area contributed by atoms with E-state index in [9.17, 15) is 22.8 Å². The van der Waals surface area contributed by atoms with E-state index < -0.39 is 24.8 Å². The maximum atomic E-state index is 11.6. The van der Waals surface area contributed by atoms with E-state index in [2.05, 4.69) is 0 Å². The Labute approximate surface area is 77.9 Å². The second kappa shape index (κ2) is 5.26. The molecule has 0 rings (SSSR count). The van der Waals surface area contributed by atoms with Crippen LogP contribution in [0.3, 0.4) is 0 Å². The Morgan fingerprint density at radius 3 is 2.23 bits per heavy atom. The lowest BCUT2D eigenvalue weighted by molar-refractivity contribution is -0.142. The normalized spacial score (nSPS) is 11.4. The van der Waals surface area contributed by atoms with Crippen LogP contribution >= 0.6 is 11.8 Å². The molecule has 0 saturated heterocycles. The van der Waals surface area contributed by atoms with Crippen molar-refractivity contribution in [2.45, 2.75) is 25.9 Å². The van der Waals surface area contributed by atoms with Crippen LogP contribution in [0, 0.1) is 0 Å². The smallest absolute Gasteiger partial charge is 0.299 e. The predicted octanol–water partition coefficient (Wildman–Crippen LogP) is 2.18. The van der Waals surface area contributed by atoms with E-state index >= 15 is 0 Å². The summed E-state index contributed by atoms with van der Waals surface area (Å²) in [4.78, 5) is 21.1. The minimum absolute atomic E-state index is 0.161. The fraction of sp³-hybridized carbons (Fsp3) is 0.714. The van der Waals surface area contributed by atoms with Crippen LogP contribution in [0.1, 0.15) is 19.8 Å². The van der Waals surface area contributed by atoms with E-state index in [1.54, 1.807) is 0 Å². The van der Waals surface area contributed by atoms with Crippen molar-refractivity contribution in [2.24, 2.45) is 0 Å². The molecule has 0 aliphatic heterocycles. The summed E-state index contributed by atoms with van der Waals surface area (Å²) in [7, 11) is 0. The van der Waals surface area contributed by atoms with Crippen molar-refractivity contribution in [1.29, 1.82) is 0 Å². The molecule has 0 aromatic heterocycles. The summed E-state index contributed by atoms with van der Waals surface area (Å²) in [5.74, 6) is -0.705. The van der Waals surface area contributed by atoms with Gasteiger partial charge in [-0.15, -0.1) is 0 Å². The highest BCUT2D eigenvalue weighted by atomic mass is 32.2. The number of alkyl halides is 3. The van der Waals surface area contributed by atoms with Crippen molar-refractivity contribution in [2.75, 3.05) is 5.75 Å². The summed E-state index contributed by atoms with van der Waals surface area (Å²) >= 11 is 0.734. The standard InChI is InChI=1S/C7H9F3O2S/c1-5(11)13-4-6(12)2-3-7(8,9)10/h2-4H2,1H3. The van der Waals surface area contributed by atoms with Crippen LogP contribution in [0.2, 0.25) is 0 Å². The van der Waals surface area contributed by atoms with Gasteiger partial charge in [-0.2, -0.15) is 13.2 Å². The van der Waals surface area contributed by atoms with Crippen LogP contribution in [0.5, 0.6) is 0 Å². The highest BCUT2D eigenvalue weighted by Gasteiger charge is 2.27. The maximum absolute atomic E-state index is 11.6. The van der Waals surface area contributed by atoms with Crippen molar-refractivity contribution in [3.05, 3.63) is 0 Å². The van der Waals surface area contributed by atoms with Crippen LogP contribution in [0.15, 0.2) is 0 Å². The summed E-state index contributed by atoms with van der Waals surface area (Å²) in [5.41, 5.74) is 0. The zero-order valence-corrected chi connectivity index (χ0v) is 7.80. The second-order valence-electron chi connectivity index (χ2n) is 2.43. The molecule has 0 atom stereocenters. The lowest BCUT2D eigenvalue weighted by atomic mass is 10.2. The van der Waals surface area contributed by atoms with Crippen LogP contribution in [-0.4, -0.2) is 22.8 Å². The molecule has 13 heavy (non-hydrogen) atoms. The third-order valence-corrected chi connectivity index (χ3v) is 2.00. The molecule has 2 nitrogen and oxygen atoms in total. The minimum Gasteiger partial charge on any atom is -0.299 e. The summed E-state index contributed by atoms with van der Waals surface area (Å²) in [6.45, 7) is 1.27. The molecule has 0 radical (unpaired) electrons. The van der Waals surface area contributed by atoms with Gasteiger partial charge in [0.25, 0.3) is 0 Å². The van der Waals surface area contributed by atoms with Crippen molar-refractivity contribution in [3.63, 3.8) is 0 Å². The fourth-order valence-electron chi connectivity index (χ4n) is 0.535. The van der Waals surface area contributed by atoms with Crippen LogP contribution in [0.4, 0.5) is 13.2 Å². The Balaban J connectivity index is 3.58. The molecule has 0 aliphatic carbocycles. The monoisotopic (exact) mass is 214 g/mol. The van der Waals surface area contributed by atoms with E-state index in [1.807, 2.05) is 0 Å². The summed E-state index contributed by atoms with van der Waals surface area (Å²) < 4.78 is 34.8. The van der Waals surface area contributed by atoms with Gasteiger partial charge in [-0.25, -0.2) is 0 Å². The number of ketones is 1. The van der Waals surface area contributed by atoms with E-state index in [0.717, 1.165) is 11.8 Å². The molecular weight excluding hydrogens is 205 g/mol. The largest absolute Gasteiger partial charge is 0.389 e. The highest BCUT2D eigenvalue weighted by Crippen LogP contribution is 2.21. The number of carbonyl (C=O) groups excluding carboxylic acids is 2. The van der Waals surface area contributed by atoms with Gasteiger partial charge in [0.1, 0.15) is 5.78 Å². The van der Waals surface area contributed by atoms with Crippen molar-refractivity contribution in [1.82, 2.24) is 0 Å². The van der Waals surface area contributed by atoms with E-state index in [-0.39, 0.29) is 10.9 Å². The van der Waals surface area contributed by atoms with Crippen molar-refractivity contribution >= 4 is 22.7 Å². The van der Waals surface area contributed by atoms with Crippen LogP contribution < -0.4 is 0 Å². The van der Waals surface area contributed by atoms with Gasteiger partial charge < -0.3 is 0 Å². The number of Topliss-reactive ketones (excluding diaryl/α,β-unsaturated/α-hetero) is 1. The molecule has 0 amide bonds. The molecule has 0 aromatic carbocycles. The quantitative estimate of drug-likeness (QED) is 0.719. The Bertz CT molecular complexity index is 200. The highest BCUT2D eigenvalue weighted by molar-refractivity contribution is 8.14. The molecule has 0 N–H and O–H groups in total. The topological polar surface area (TPSA) is 34.1 Å². The number of rotatable bonds is 4. The lowest BCUT2D eigenvalue weighted by Crippen LogP contribution is -2.12. The molecule has 76 valence electrons. The molecule has 6 heteroatoms. The van der Waals surface area contributed by atoms with Crippen molar-refractivity contribution in [3.8, 4) is 0 Å². The number of halogens is 3. The van der Waals surface area contributed by atoms with Gasteiger partial charge in [-0.1, -0.05) is 11.8 Å². The van der Waals surface area contributed by atoms with Gasteiger partial charge in [0.15, 0.2) is 5.12 Å². The molecule has 0 bridgehead atoms. The van der Waals surface area contributed by atoms with Gasteiger partial charge >= 0.3 is 6.18 Å². The number of thioether (sulfide) groups is 1. The van der Waals surface area contributed by atoms with Gasteiger partial charge in [0.05, 0.1) is 12.2 Å². The SMILES string of the molecule is CC(=O)SCC(=O)CCC(F)(F)F. The van der Waals surface area contributed by atoms with Gasteiger partial charge in [-0.3, -0.25) is 9.59 Å². The third-order valence-electron chi connectivity index (χ3n) is 1.12. The average Bonchev–Trinajstić information content (AvgIpc) is 1.95. The van der Waals surface area contributed by atoms with E-state index in [4.69, 9.17) is 0 Å². The third kappa shape index (κ3) is 9.39. The molecule has 0 spiro atoms. The Kier molecular flexibility index (Phi) is 5.05. The second-order valence-corrected chi connectivity index (χ2v) is 3.59. The maximum Gasteiger partial charge on any atom is 0.389 e. The molecule has 0 unspecified atom stereocenters. The van der Waals surface area contributed by atoms with Gasteiger partial charge in [0.2, 0.25) is 0 Å². The predicted molar refractivity (Wildman–Crippen MR) is 43.4 cm³/mol. The average molecular weight is 214 g/mol. The molecular formula is C7H9F3O2S. The molecule has 0 aliphatic rings. The molecule has 0 heterocycles. The Morgan fingerprint density at radius 2 is 1.85 bits per heavy atom. The zero-order valence-electron chi connectivity index (χ0n) is 6.98. The lowest BCUT2D eigenvalue weighted by Gasteiger charge is -2.03. The van der Waals surface area contributed by atoms with Crippen molar-refractivity contribution < 1.29 is 22.8 Å². The summed E-state index contributed by atoms with van der Waals surface area (Å²) in [6.07, 6.45) is -5.94. The first-order chi connectivity index (χ1) is 5.81. The first kappa shape index (κ1) is 12.5. The van der Waals surface area contributed by atoms with E-state index in [1.165, 1.54) is 6.92 Å². The number of hydrogen-bond acceptors (Lipinski definition) is 3.